The van der Waals surface area contributed by atoms with E-state index in [4.69, 9.17) is 0 Å². The molecule has 1 saturated heterocycles. The van der Waals surface area contributed by atoms with E-state index in [1.165, 1.54) is 22.3 Å². The summed E-state index contributed by atoms with van der Waals surface area (Å²) < 4.78 is 0. The zero-order chi connectivity index (χ0) is 14.4. The van der Waals surface area contributed by atoms with Crippen LogP contribution in [0.25, 0.3) is 11.1 Å². The van der Waals surface area contributed by atoms with Crippen molar-refractivity contribution in [2.45, 2.75) is 18.9 Å². The Morgan fingerprint density at radius 1 is 1.00 bits per heavy atom. The predicted octanol–water partition coefficient (Wildman–Crippen LogP) is 2.19. The molecule has 3 nitrogen and oxygen atoms in total. The van der Waals surface area contributed by atoms with Gasteiger partial charge in [-0.2, -0.15) is 0 Å². The Labute approximate surface area is 124 Å². The van der Waals surface area contributed by atoms with Gasteiger partial charge in [-0.1, -0.05) is 42.5 Å². The van der Waals surface area contributed by atoms with Crippen molar-refractivity contribution in [2.24, 2.45) is 0 Å². The van der Waals surface area contributed by atoms with E-state index in [0.29, 0.717) is 6.54 Å². The molecule has 2 aliphatic rings. The molecule has 21 heavy (non-hydrogen) atoms. The fourth-order valence-electron chi connectivity index (χ4n) is 3.43. The lowest BCUT2D eigenvalue weighted by atomic mass is 9.87. The van der Waals surface area contributed by atoms with Crippen LogP contribution in [-0.2, 0) is 16.8 Å². The normalized spacial score (nSPS) is 23.4. The number of rotatable bonds is 1. The first-order chi connectivity index (χ1) is 10.2. The molecule has 0 spiro atoms. The van der Waals surface area contributed by atoms with Gasteiger partial charge in [-0.25, -0.2) is 0 Å². The highest BCUT2D eigenvalue weighted by molar-refractivity contribution is 5.88. The second kappa shape index (κ2) is 4.43. The van der Waals surface area contributed by atoms with Crippen LogP contribution in [0.3, 0.4) is 0 Å². The van der Waals surface area contributed by atoms with E-state index in [1.54, 1.807) is 0 Å². The number of piperazine rings is 1. The maximum absolute atomic E-state index is 12.3. The van der Waals surface area contributed by atoms with Gasteiger partial charge in [0.25, 0.3) is 0 Å². The van der Waals surface area contributed by atoms with Crippen LogP contribution in [0.1, 0.15) is 23.6 Å². The first kappa shape index (κ1) is 12.6. The standard InChI is InChI=1S/C18H18N2O/c1-18(17(21)19-8-9-20-18)14-6-7-16-13(11-14)10-12-4-2-3-5-15(12)16/h2-7,11,20H,8-10H2,1H3,(H,19,21). The van der Waals surface area contributed by atoms with Crippen molar-refractivity contribution in [1.82, 2.24) is 10.6 Å². The Kier molecular flexibility index (Phi) is 2.66. The van der Waals surface area contributed by atoms with Crippen LogP contribution in [0.15, 0.2) is 42.5 Å². The predicted molar refractivity (Wildman–Crippen MR) is 83.0 cm³/mol. The molecular weight excluding hydrogens is 260 g/mol. The van der Waals surface area contributed by atoms with Gasteiger partial charge in [0.05, 0.1) is 0 Å². The van der Waals surface area contributed by atoms with Crippen molar-refractivity contribution in [3.05, 3.63) is 59.2 Å². The topological polar surface area (TPSA) is 41.1 Å². The third-order valence-electron chi connectivity index (χ3n) is 4.71. The lowest BCUT2D eigenvalue weighted by Gasteiger charge is -2.34. The highest BCUT2D eigenvalue weighted by Crippen LogP contribution is 2.38. The lowest BCUT2D eigenvalue weighted by Crippen LogP contribution is -2.59. The Morgan fingerprint density at radius 3 is 2.67 bits per heavy atom. The minimum atomic E-state index is -0.623. The van der Waals surface area contributed by atoms with E-state index >= 15 is 0 Å². The summed E-state index contributed by atoms with van der Waals surface area (Å²) in [6.45, 7) is 3.47. The Balaban J connectivity index is 1.78. The number of carbonyl (C=O) groups is 1. The van der Waals surface area contributed by atoms with Gasteiger partial charge in [-0.05, 0) is 41.2 Å². The summed E-state index contributed by atoms with van der Waals surface area (Å²) in [6.07, 6.45) is 0.955. The first-order valence-corrected chi connectivity index (χ1v) is 7.43. The Hall–Kier alpha value is -2.13. The number of fused-ring (bicyclic) bond motifs is 3. The van der Waals surface area contributed by atoms with Crippen molar-refractivity contribution in [1.29, 1.82) is 0 Å². The van der Waals surface area contributed by atoms with Gasteiger partial charge in [0.15, 0.2) is 0 Å². The first-order valence-electron chi connectivity index (χ1n) is 7.43. The van der Waals surface area contributed by atoms with Gasteiger partial charge in [-0.15, -0.1) is 0 Å². The molecule has 1 heterocycles. The molecule has 0 saturated carbocycles. The van der Waals surface area contributed by atoms with Gasteiger partial charge in [-0.3, -0.25) is 10.1 Å². The smallest absolute Gasteiger partial charge is 0.244 e. The number of amides is 1. The molecule has 0 aromatic heterocycles. The van der Waals surface area contributed by atoms with Gasteiger partial charge in [0.1, 0.15) is 5.54 Å². The monoisotopic (exact) mass is 278 g/mol. The molecule has 2 N–H and O–H groups in total. The SMILES string of the molecule is CC1(c2ccc3c(c2)Cc2ccccc2-3)NCCNC1=O. The van der Waals surface area contributed by atoms with Crippen molar-refractivity contribution in [3.8, 4) is 11.1 Å². The van der Waals surface area contributed by atoms with Gasteiger partial charge >= 0.3 is 0 Å². The number of hydrogen-bond acceptors (Lipinski definition) is 2. The molecule has 1 atom stereocenters. The molecule has 0 bridgehead atoms. The summed E-state index contributed by atoms with van der Waals surface area (Å²) in [7, 11) is 0. The maximum Gasteiger partial charge on any atom is 0.244 e. The molecule has 1 fully saturated rings. The summed E-state index contributed by atoms with van der Waals surface area (Å²) in [4.78, 5) is 12.3. The highest BCUT2D eigenvalue weighted by Gasteiger charge is 2.37. The van der Waals surface area contributed by atoms with Crippen molar-refractivity contribution < 1.29 is 4.79 Å². The van der Waals surface area contributed by atoms with Crippen molar-refractivity contribution in [3.63, 3.8) is 0 Å². The fraction of sp³-hybridized carbons (Fsp3) is 0.278. The zero-order valence-corrected chi connectivity index (χ0v) is 12.1. The van der Waals surface area contributed by atoms with Crippen LogP contribution >= 0.6 is 0 Å². The number of nitrogens with one attached hydrogen (secondary N) is 2. The average Bonchev–Trinajstić information content (AvgIpc) is 2.88. The Morgan fingerprint density at radius 2 is 1.81 bits per heavy atom. The van der Waals surface area contributed by atoms with Crippen LogP contribution < -0.4 is 10.6 Å². The summed E-state index contributed by atoms with van der Waals surface area (Å²) in [5.74, 6) is 0.0595. The van der Waals surface area contributed by atoms with Gasteiger partial charge in [0.2, 0.25) is 5.91 Å². The molecule has 1 amide bonds. The third-order valence-corrected chi connectivity index (χ3v) is 4.71. The van der Waals surface area contributed by atoms with Crippen molar-refractivity contribution >= 4 is 5.91 Å². The molecule has 106 valence electrons. The molecule has 3 heteroatoms. The number of carbonyl (C=O) groups excluding carboxylic acids is 1. The third kappa shape index (κ3) is 1.81. The molecule has 2 aromatic carbocycles. The van der Waals surface area contributed by atoms with E-state index < -0.39 is 5.54 Å². The molecule has 2 aromatic rings. The van der Waals surface area contributed by atoms with Crippen LogP contribution in [0.4, 0.5) is 0 Å². The minimum Gasteiger partial charge on any atom is -0.353 e. The molecular formula is C18H18N2O. The zero-order valence-electron chi connectivity index (χ0n) is 12.1. The van der Waals surface area contributed by atoms with Crippen LogP contribution in [-0.4, -0.2) is 19.0 Å². The van der Waals surface area contributed by atoms with Crippen LogP contribution in [0.5, 0.6) is 0 Å². The summed E-state index contributed by atoms with van der Waals surface area (Å²) in [6, 6.07) is 15.0. The van der Waals surface area contributed by atoms with Crippen LogP contribution in [0, 0.1) is 0 Å². The maximum atomic E-state index is 12.3. The van der Waals surface area contributed by atoms with E-state index in [0.717, 1.165) is 18.5 Å². The minimum absolute atomic E-state index is 0.0595. The fourth-order valence-corrected chi connectivity index (χ4v) is 3.43. The average molecular weight is 278 g/mol. The molecule has 0 radical (unpaired) electrons. The second-order valence-electron chi connectivity index (χ2n) is 6.01. The second-order valence-corrected chi connectivity index (χ2v) is 6.01. The van der Waals surface area contributed by atoms with Gasteiger partial charge in [0, 0.05) is 13.1 Å². The summed E-state index contributed by atoms with van der Waals surface area (Å²) >= 11 is 0. The van der Waals surface area contributed by atoms with E-state index in [-0.39, 0.29) is 5.91 Å². The van der Waals surface area contributed by atoms with E-state index in [2.05, 4.69) is 53.1 Å². The molecule has 1 unspecified atom stereocenters. The Bertz CT molecular complexity index is 738. The van der Waals surface area contributed by atoms with Crippen LogP contribution in [0.2, 0.25) is 0 Å². The quantitative estimate of drug-likeness (QED) is 0.716. The largest absolute Gasteiger partial charge is 0.353 e. The number of hydrogen-bond donors (Lipinski definition) is 2. The molecule has 1 aliphatic carbocycles. The lowest BCUT2D eigenvalue weighted by molar-refractivity contribution is -0.128. The number of benzene rings is 2. The summed E-state index contributed by atoms with van der Waals surface area (Å²) in [5.41, 5.74) is 5.74. The van der Waals surface area contributed by atoms with Crippen molar-refractivity contribution in [2.75, 3.05) is 13.1 Å². The molecule has 4 rings (SSSR count). The molecule has 1 aliphatic heterocycles. The van der Waals surface area contributed by atoms with Gasteiger partial charge < -0.3 is 5.32 Å². The van der Waals surface area contributed by atoms with E-state index in [9.17, 15) is 4.79 Å². The van der Waals surface area contributed by atoms with E-state index in [1.807, 2.05) is 6.92 Å². The highest BCUT2D eigenvalue weighted by atomic mass is 16.2. The summed E-state index contributed by atoms with van der Waals surface area (Å²) in [5, 5.41) is 6.32.